The molecule has 0 fully saturated rings. The highest BCUT2D eigenvalue weighted by atomic mass is 16.5. The Morgan fingerprint density at radius 2 is 1.23 bits per heavy atom. The SMILES string of the molecule is Nc1ccc(CCOc2ccccc2-c2cn(C(c3ccccc3)(c3ccccc3)c3ccccc3)cn2)cn1. The van der Waals surface area contributed by atoms with E-state index < -0.39 is 5.54 Å². The van der Waals surface area contributed by atoms with Gasteiger partial charge in [0.05, 0.1) is 18.6 Å². The molecular formula is C35H30N4O. The summed E-state index contributed by atoms with van der Waals surface area (Å²) in [5.74, 6) is 1.31. The smallest absolute Gasteiger partial charge is 0.128 e. The topological polar surface area (TPSA) is 66.0 Å². The number of rotatable bonds is 9. The van der Waals surface area contributed by atoms with E-state index in [1.165, 1.54) is 0 Å². The highest BCUT2D eigenvalue weighted by Gasteiger charge is 2.38. The van der Waals surface area contributed by atoms with E-state index in [1.54, 1.807) is 6.20 Å². The van der Waals surface area contributed by atoms with Crippen LogP contribution in [0, 0.1) is 0 Å². The normalized spacial score (nSPS) is 11.3. The molecule has 0 aliphatic rings. The maximum Gasteiger partial charge on any atom is 0.128 e. The number of para-hydroxylation sites is 1. The van der Waals surface area contributed by atoms with Crippen molar-refractivity contribution < 1.29 is 4.74 Å². The molecule has 4 aromatic carbocycles. The van der Waals surface area contributed by atoms with Crippen LogP contribution >= 0.6 is 0 Å². The second kappa shape index (κ2) is 11.3. The number of ether oxygens (including phenoxy) is 1. The van der Waals surface area contributed by atoms with E-state index >= 15 is 0 Å². The van der Waals surface area contributed by atoms with E-state index in [0.717, 1.165) is 45.7 Å². The zero-order valence-corrected chi connectivity index (χ0v) is 22.1. The van der Waals surface area contributed by atoms with Crippen LogP contribution in [0.25, 0.3) is 11.3 Å². The van der Waals surface area contributed by atoms with Gasteiger partial charge in [-0.25, -0.2) is 9.97 Å². The first-order chi connectivity index (χ1) is 19.7. The summed E-state index contributed by atoms with van der Waals surface area (Å²) in [5.41, 5.74) is 11.4. The molecule has 0 saturated carbocycles. The van der Waals surface area contributed by atoms with Crippen LogP contribution in [-0.2, 0) is 12.0 Å². The molecule has 0 bridgehead atoms. The fraction of sp³-hybridized carbons (Fsp3) is 0.0857. The van der Waals surface area contributed by atoms with Crippen molar-refractivity contribution in [3.05, 3.63) is 168 Å². The van der Waals surface area contributed by atoms with Gasteiger partial charge < -0.3 is 15.0 Å². The fourth-order valence-corrected chi connectivity index (χ4v) is 5.30. The molecule has 0 aliphatic heterocycles. The van der Waals surface area contributed by atoms with Gasteiger partial charge in [-0.3, -0.25) is 0 Å². The zero-order chi connectivity index (χ0) is 27.2. The number of nitrogen functional groups attached to an aromatic ring is 1. The maximum absolute atomic E-state index is 6.27. The van der Waals surface area contributed by atoms with Gasteiger partial charge in [0.2, 0.25) is 0 Å². The molecule has 0 atom stereocenters. The van der Waals surface area contributed by atoms with Gasteiger partial charge in [0, 0.05) is 24.4 Å². The van der Waals surface area contributed by atoms with Crippen molar-refractivity contribution in [2.45, 2.75) is 12.0 Å². The lowest BCUT2D eigenvalue weighted by Gasteiger charge is -2.37. The summed E-state index contributed by atoms with van der Waals surface area (Å²) >= 11 is 0. The molecule has 5 nitrogen and oxygen atoms in total. The lowest BCUT2D eigenvalue weighted by atomic mass is 9.77. The number of nitrogens with two attached hydrogens (primary N) is 1. The number of nitrogens with zero attached hydrogens (tertiary/aromatic N) is 3. The van der Waals surface area contributed by atoms with Crippen LogP contribution in [0.2, 0.25) is 0 Å². The Morgan fingerprint density at radius 3 is 1.80 bits per heavy atom. The number of hydrogen-bond acceptors (Lipinski definition) is 4. The number of anilines is 1. The van der Waals surface area contributed by atoms with Gasteiger partial charge in [-0.1, -0.05) is 109 Å². The van der Waals surface area contributed by atoms with Gasteiger partial charge in [-0.15, -0.1) is 0 Å². The average molecular weight is 523 g/mol. The molecule has 0 spiro atoms. The minimum atomic E-state index is -0.618. The van der Waals surface area contributed by atoms with E-state index in [0.29, 0.717) is 12.4 Å². The van der Waals surface area contributed by atoms with Crippen molar-refractivity contribution in [1.82, 2.24) is 14.5 Å². The van der Waals surface area contributed by atoms with Gasteiger partial charge in [-0.05, 0) is 40.5 Å². The molecule has 0 saturated heterocycles. The van der Waals surface area contributed by atoms with Crippen molar-refractivity contribution in [2.24, 2.45) is 0 Å². The second-order valence-corrected chi connectivity index (χ2v) is 9.66. The molecule has 2 N–H and O–H groups in total. The predicted octanol–water partition coefficient (Wildman–Crippen LogP) is 6.99. The summed E-state index contributed by atoms with van der Waals surface area (Å²) in [5, 5.41) is 0. The van der Waals surface area contributed by atoms with Crippen LogP contribution in [0.1, 0.15) is 22.3 Å². The standard InChI is InChI=1S/C35H30N4O/c36-34-21-20-27(24-37-34)22-23-40-33-19-11-10-18-31(33)32-25-39(26-38-32)35(28-12-4-1-5-13-28,29-14-6-2-7-15-29)30-16-8-3-9-17-30/h1-21,24-26H,22-23H2,(H2,36,37). The van der Waals surface area contributed by atoms with Crippen molar-refractivity contribution in [2.75, 3.05) is 12.3 Å². The van der Waals surface area contributed by atoms with Crippen molar-refractivity contribution in [3.63, 3.8) is 0 Å². The summed E-state index contributed by atoms with van der Waals surface area (Å²) in [4.78, 5) is 9.10. The lowest BCUT2D eigenvalue weighted by Crippen LogP contribution is -2.36. The van der Waals surface area contributed by atoms with E-state index in [1.807, 2.05) is 36.7 Å². The van der Waals surface area contributed by atoms with Crippen LogP contribution < -0.4 is 10.5 Å². The highest BCUT2D eigenvalue weighted by Crippen LogP contribution is 2.42. The minimum absolute atomic E-state index is 0.517. The Hall–Kier alpha value is -5.16. The molecule has 6 aromatic rings. The quantitative estimate of drug-likeness (QED) is 0.208. The Bertz CT molecular complexity index is 1570. The summed E-state index contributed by atoms with van der Waals surface area (Å²) in [6.45, 7) is 0.519. The Morgan fingerprint density at radius 1 is 0.650 bits per heavy atom. The van der Waals surface area contributed by atoms with E-state index in [-0.39, 0.29) is 0 Å². The Labute approximate surface area is 234 Å². The molecule has 40 heavy (non-hydrogen) atoms. The number of benzene rings is 4. The van der Waals surface area contributed by atoms with E-state index in [9.17, 15) is 0 Å². The molecule has 2 heterocycles. The summed E-state index contributed by atoms with van der Waals surface area (Å²) in [6.07, 6.45) is 6.58. The van der Waals surface area contributed by atoms with Crippen molar-refractivity contribution in [3.8, 4) is 17.0 Å². The molecule has 0 radical (unpaired) electrons. The van der Waals surface area contributed by atoms with E-state index in [4.69, 9.17) is 15.5 Å². The minimum Gasteiger partial charge on any atom is -0.493 e. The van der Waals surface area contributed by atoms with Crippen molar-refractivity contribution in [1.29, 1.82) is 0 Å². The van der Waals surface area contributed by atoms with Crippen LogP contribution in [-0.4, -0.2) is 21.1 Å². The highest BCUT2D eigenvalue weighted by molar-refractivity contribution is 5.67. The third kappa shape index (κ3) is 4.85. The van der Waals surface area contributed by atoms with Crippen LogP contribution in [0.15, 0.2) is 146 Å². The third-order valence-electron chi connectivity index (χ3n) is 7.20. The Balaban J connectivity index is 1.41. The van der Waals surface area contributed by atoms with E-state index in [2.05, 4.69) is 113 Å². The molecular weight excluding hydrogens is 492 g/mol. The largest absolute Gasteiger partial charge is 0.493 e. The van der Waals surface area contributed by atoms with Gasteiger partial charge in [0.25, 0.3) is 0 Å². The second-order valence-electron chi connectivity index (χ2n) is 9.66. The summed E-state index contributed by atoms with van der Waals surface area (Å²) in [6, 6.07) is 43.7. The molecule has 2 aromatic heterocycles. The number of aromatic nitrogens is 3. The monoisotopic (exact) mass is 522 g/mol. The molecule has 0 unspecified atom stereocenters. The van der Waals surface area contributed by atoms with Gasteiger partial charge >= 0.3 is 0 Å². The van der Waals surface area contributed by atoms with Crippen molar-refractivity contribution >= 4 is 5.82 Å². The summed E-state index contributed by atoms with van der Waals surface area (Å²) < 4.78 is 8.49. The first-order valence-electron chi connectivity index (χ1n) is 13.4. The van der Waals surface area contributed by atoms with Crippen LogP contribution in [0.4, 0.5) is 5.82 Å². The number of imidazole rings is 1. The fourth-order valence-electron chi connectivity index (χ4n) is 5.30. The van der Waals surface area contributed by atoms with Crippen LogP contribution in [0.5, 0.6) is 5.75 Å². The third-order valence-corrected chi connectivity index (χ3v) is 7.20. The zero-order valence-electron chi connectivity index (χ0n) is 22.1. The lowest BCUT2D eigenvalue weighted by molar-refractivity contribution is 0.323. The first kappa shape index (κ1) is 25.1. The predicted molar refractivity (Wildman–Crippen MR) is 160 cm³/mol. The molecule has 5 heteroatoms. The van der Waals surface area contributed by atoms with Gasteiger partial charge in [-0.2, -0.15) is 0 Å². The molecule has 0 aliphatic carbocycles. The van der Waals surface area contributed by atoms with Gasteiger partial charge in [0.1, 0.15) is 17.1 Å². The molecule has 6 rings (SSSR count). The van der Waals surface area contributed by atoms with Crippen LogP contribution in [0.3, 0.4) is 0 Å². The molecule has 196 valence electrons. The maximum atomic E-state index is 6.27. The number of pyridine rings is 1. The summed E-state index contributed by atoms with van der Waals surface area (Å²) in [7, 11) is 0. The van der Waals surface area contributed by atoms with Gasteiger partial charge in [0.15, 0.2) is 0 Å². The number of hydrogen-bond donors (Lipinski definition) is 1. The first-order valence-corrected chi connectivity index (χ1v) is 13.4. The molecule has 0 amide bonds. The average Bonchev–Trinajstić information content (AvgIpc) is 3.51. The Kier molecular flexibility index (Phi) is 7.10.